The molecular weight excluding hydrogens is 300 g/mol. The first-order valence-corrected chi connectivity index (χ1v) is 8.36. The summed E-state index contributed by atoms with van der Waals surface area (Å²) in [4.78, 5) is 11.6. The number of carbonyl (C=O) groups excluding carboxylic acids is 1. The normalized spacial score (nSPS) is 18.9. The minimum Gasteiger partial charge on any atom is -0.453 e. The van der Waals surface area contributed by atoms with E-state index >= 15 is 0 Å². The lowest BCUT2D eigenvalue weighted by molar-refractivity contribution is -0.138. The van der Waals surface area contributed by atoms with Crippen molar-refractivity contribution in [2.45, 2.75) is 16.2 Å². The molecule has 0 saturated carbocycles. The third-order valence-electron chi connectivity index (χ3n) is 3.51. The minimum absolute atomic E-state index is 0.209. The molecule has 0 unspecified atom stereocenters. The van der Waals surface area contributed by atoms with E-state index in [0.717, 1.165) is 0 Å². The summed E-state index contributed by atoms with van der Waals surface area (Å²) in [5.41, 5.74) is 0.593. The fourth-order valence-electron chi connectivity index (χ4n) is 2.49. The van der Waals surface area contributed by atoms with Crippen molar-refractivity contribution in [1.29, 1.82) is 0 Å². The minimum atomic E-state index is -3.69. The molecule has 2 atom stereocenters. The Morgan fingerprint density at radius 3 is 2.05 bits per heavy atom. The monoisotopic (exact) mass is 314 g/mol. The number of benzene rings is 2. The van der Waals surface area contributed by atoms with Gasteiger partial charge < -0.3 is 4.74 Å². The molecule has 1 heterocycles. The lowest BCUT2D eigenvalue weighted by Crippen LogP contribution is -2.26. The van der Waals surface area contributed by atoms with Crippen LogP contribution in [0.1, 0.15) is 10.8 Å². The molecule has 0 amide bonds. The average molecular weight is 314 g/mol. The SMILES string of the molecule is O=C1C=C[C@@H]([C@H](c2ccccc2)S(=O)(=O)c2ccccc2)O1. The average Bonchev–Trinajstić information content (AvgIpc) is 2.95. The number of ether oxygens (including phenoxy) is 1. The van der Waals surface area contributed by atoms with Crippen LogP contribution in [0, 0.1) is 0 Å². The number of cyclic esters (lactones) is 1. The number of hydrogen-bond acceptors (Lipinski definition) is 4. The highest BCUT2D eigenvalue weighted by Crippen LogP contribution is 2.35. The van der Waals surface area contributed by atoms with Crippen LogP contribution in [0.5, 0.6) is 0 Å². The molecule has 0 aliphatic carbocycles. The Balaban J connectivity index is 2.10. The van der Waals surface area contributed by atoms with Gasteiger partial charge in [-0.1, -0.05) is 48.5 Å². The Hall–Kier alpha value is -2.40. The summed E-state index contributed by atoms with van der Waals surface area (Å²) in [6.45, 7) is 0. The lowest BCUT2D eigenvalue weighted by Gasteiger charge is -2.22. The summed E-state index contributed by atoms with van der Waals surface area (Å²) in [6.07, 6.45) is 1.95. The zero-order valence-corrected chi connectivity index (χ0v) is 12.4. The fraction of sp³-hybridized carbons (Fsp3) is 0.118. The second kappa shape index (κ2) is 5.77. The molecule has 0 fully saturated rings. The van der Waals surface area contributed by atoms with Crippen molar-refractivity contribution in [2.75, 3.05) is 0 Å². The Morgan fingerprint density at radius 1 is 0.909 bits per heavy atom. The van der Waals surface area contributed by atoms with E-state index in [2.05, 4.69) is 0 Å². The summed E-state index contributed by atoms with van der Waals surface area (Å²) in [7, 11) is -3.69. The largest absolute Gasteiger partial charge is 0.453 e. The number of esters is 1. The molecule has 0 radical (unpaired) electrons. The van der Waals surface area contributed by atoms with Crippen LogP contribution in [-0.2, 0) is 19.4 Å². The maximum Gasteiger partial charge on any atom is 0.331 e. The molecule has 22 heavy (non-hydrogen) atoms. The quantitative estimate of drug-likeness (QED) is 0.814. The van der Waals surface area contributed by atoms with Crippen LogP contribution in [-0.4, -0.2) is 20.5 Å². The molecule has 112 valence electrons. The van der Waals surface area contributed by atoms with Gasteiger partial charge in [0.15, 0.2) is 9.84 Å². The van der Waals surface area contributed by atoms with Crippen molar-refractivity contribution in [3.63, 3.8) is 0 Å². The maximum atomic E-state index is 13.0. The Bertz CT molecular complexity index is 795. The van der Waals surface area contributed by atoms with Gasteiger partial charge in [0.05, 0.1) is 4.90 Å². The van der Waals surface area contributed by atoms with Gasteiger partial charge in [-0.2, -0.15) is 0 Å². The van der Waals surface area contributed by atoms with Crippen LogP contribution >= 0.6 is 0 Å². The second-order valence-corrected chi connectivity index (χ2v) is 7.02. The van der Waals surface area contributed by atoms with Crippen LogP contribution in [0.2, 0.25) is 0 Å². The zero-order valence-electron chi connectivity index (χ0n) is 11.6. The number of carbonyl (C=O) groups is 1. The van der Waals surface area contributed by atoms with Gasteiger partial charge in [0.2, 0.25) is 0 Å². The number of rotatable bonds is 4. The van der Waals surface area contributed by atoms with Gasteiger partial charge in [-0.25, -0.2) is 13.2 Å². The van der Waals surface area contributed by atoms with Crippen LogP contribution in [0.4, 0.5) is 0 Å². The van der Waals surface area contributed by atoms with Gasteiger partial charge in [-0.3, -0.25) is 0 Å². The molecule has 4 nitrogen and oxygen atoms in total. The van der Waals surface area contributed by atoms with E-state index in [1.165, 1.54) is 12.2 Å². The molecule has 0 saturated heterocycles. The van der Waals surface area contributed by atoms with Gasteiger partial charge in [0.1, 0.15) is 11.4 Å². The van der Waals surface area contributed by atoms with Gasteiger partial charge in [-0.05, 0) is 23.8 Å². The van der Waals surface area contributed by atoms with Crippen LogP contribution in [0.15, 0.2) is 77.7 Å². The summed E-state index contributed by atoms with van der Waals surface area (Å²) in [5.74, 6) is -0.519. The van der Waals surface area contributed by atoms with E-state index < -0.39 is 27.2 Å². The molecule has 0 N–H and O–H groups in total. The summed E-state index contributed by atoms with van der Waals surface area (Å²) >= 11 is 0. The number of hydrogen-bond donors (Lipinski definition) is 0. The first-order chi connectivity index (χ1) is 10.6. The Labute approximate surface area is 129 Å². The van der Waals surface area contributed by atoms with Crippen molar-refractivity contribution >= 4 is 15.8 Å². The van der Waals surface area contributed by atoms with Crippen molar-refractivity contribution in [1.82, 2.24) is 0 Å². The predicted molar refractivity (Wildman–Crippen MR) is 81.8 cm³/mol. The van der Waals surface area contributed by atoms with Crippen molar-refractivity contribution in [3.8, 4) is 0 Å². The van der Waals surface area contributed by atoms with Gasteiger partial charge in [0.25, 0.3) is 0 Å². The fourth-order valence-corrected chi connectivity index (χ4v) is 4.34. The molecular formula is C17H14O4S. The van der Waals surface area contributed by atoms with Crippen molar-refractivity contribution in [2.24, 2.45) is 0 Å². The molecule has 3 rings (SSSR count). The van der Waals surface area contributed by atoms with Gasteiger partial charge in [-0.15, -0.1) is 0 Å². The molecule has 0 aromatic heterocycles. The molecule has 5 heteroatoms. The molecule has 1 aliphatic rings. The third-order valence-corrected chi connectivity index (χ3v) is 5.65. The van der Waals surface area contributed by atoms with Gasteiger partial charge in [0, 0.05) is 6.08 Å². The standard InChI is InChI=1S/C17H14O4S/c18-16-12-11-15(21-16)17(13-7-3-1-4-8-13)22(19,20)14-9-5-2-6-10-14/h1-12,15,17H/t15-,17-/m0/s1. The summed E-state index contributed by atoms with van der Waals surface area (Å²) < 4.78 is 31.2. The number of sulfone groups is 1. The van der Waals surface area contributed by atoms with E-state index in [1.807, 2.05) is 6.07 Å². The molecule has 0 spiro atoms. The third kappa shape index (κ3) is 2.67. The topological polar surface area (TPSA) is 60.4 Å². The molecule has 2 aromatic rings. The van der Waals surface area contributed by atoms with Crippen molar-refractivity contribution in [3.05, 3.63) is 78.4 Å². The molecule has 1 aliphatic heterocycles. The van der Waals surface area contributed by atoms with E-state index in [0.29, 0.717) is 5.56 Å². The zero-order chi connectivity index (χ0) is 15.6. The van der Waals surface area contributed by atoms with Gasteiger partial charge >= 0.3 is 5.97 Å². The predicted octanol–water partition coefficient (Wildman–Crippen LogP) is 2.68. The second-order valence-electron chi connectivity index (χ2n) is 4.95. The van der Waals surface area contributed by atoms with Crippen LogP contribution in [0.3, 0.4) is 0 Å². The Kier molecular flexibility index (Phi) is 3.81. The summed E-state index contributed by atoms with van der Waals surface area (Å²) in [6, 6.07) is 17.0. The van der Waals surface area contributed by atoms with E-state index in [4.69, 9.17) is 4.74 Å². The highest BCUT2D eigenvalue weighted by molar-refractivity contribution is 7.91. The highest BCUT2D eigenvalue weighted by atomic mass is 32.2. The highest BCUT2D eigenvalue weighted by Gasteiger charge is 2.38. The first-order valence-electron chi connectivity index (χ1n) is 6.82. The first kappa shape index (κ1) is 14.5. The van der Waals surface area contributed by atoms with E-state index in [9.17, 15) is 13.2 Å². The Morgan fingerprint density at radius 2 is 1.50 bits per heavy atom. The summed E-state index contributed by atoms with van der Waals surface area (Å²) in [5, 5.41) is -0.959. The smallest absolute Gasteiger partial charge is 0.331 e. The lowest BCUT2D eigenvalue weighted by atomic mass is 10.1. The van der Waals surface area contributed by atoms with E-state index in [1.54, 1.807) is 54.6 Å². The van der Waals surface area contributed by atoms with Crippen LogP contribution in [0.25, 0.3) is 0 Å². The maximum absolute atomic E-state index is 13.0. The van der Waals surface area contributed by atoms with Crippen LogP contribution < -0.4 is 0 Å². The molecule has 2 aromatic carbocycles. The molecule has 0 bridgehead atoms. The van der Waals surface area contributed by atoms with Crippen molar-refractivity contribution < 1.29 is 17.9 Å². The van der Waals surface area contributed by atoms with E-state index in [-0.39, 0.29) is 4.90 Å².